The Balaban J connectivity index is 1.85. The number of esters is 1. The third-order valence-corrected chi connectivity index (χ3v) is 3.86. The van der Waals surface area contributed by atoms with Crippen molar-refractivity contribution in [3.05, 3.63) is 41.5 Å². The molecule has 1 aliphatic rings. The number of carbonyl (C=O) groups excluding carboxylic acids is 2. The van der Waals surface area contributed by atoms with Crippen molar-refractivity contribution in [1.29, 1.82) is 0 Å². The fourth-order valence-corrected chi connectivity index (χ4v) is 2.57. The number of benzene rings is 1. The molecule has 1 aromatic rings. The summed E-state index contributed by atoms with van der Waals surface area (Å²) in [6, 6.07) is 5.80. The fourth-order valence-electron chi connectivity index (χ4n) is 2.57. The van der Waals surface area contributed by atoms with Crippen LogP contribution < -0.4 is 5.32 Å². The van der Waals surface area contributed by atoms with E-state index in [2.05, 4.69) is 11.4 Å². The first-order valence-electron chi connectivity index (χ1n) is 7.70. The van der Waals surface area contributed by atoms with Gasteiger partial charge in [0.05, 0.1) is 6.42 Å². The summed E-state index contributed by atoms with van der Waals surface area (Å²) >= 11 is 0. The number of ether oxygens (including phenoxy) is 1. The van der Waals surface area contributed by atoms with Crippen LogP contribution in [0.1, 0.15) is 37.3 Å². The van der Waals surface area contributed by atoms with Gasteiger partial charge in [0.15, 0.2) is 6.10 Å². The molecule has 0 saturated heterocycles. The Morgan fingerprint density at radius 3 is 2.77 bits per heavy atom. The number of carbonyl (C=O) groups is 2. The Morgan fingerprint density at radius 1 is 1.36 bits per heavy atom. The van der Waals surface area contributed by atoms with Crippen LogP contribution in [0.2, 0.25) is 0 Å². The van der Waals surface area contributed by atoms with Gasteiger partial charge in [-0.05, 0) is 51.2 Å². The quantitative estimate of drug-likeness (QED) is 0.668. The molecule has 2 atom stereocenters. The van der Waals surface area contributed by atoms with Crippen LogP contribution >= 0.6 is 0 Å². The van der Waals surface area contributed by atoms with E-state index in [0.717, 1.165) is 29.7 Å². The second-order valence-electron chi connectivity index (χ2n) is 5.91. The van der Waals surface area contributed by atoms with Crippen molar-refractivity contribution < 1.29 is 14.3 Å². The fraction of sp³-hybridized carbons (Fsp3) is 0.444. The van der Waals surface area contributed by atoms with Crippen molar-refractivity contribution in [3.63, 3.8) is 0 Å². The molecule has 0 aliphatic heterocycles. The van der Waals surface area contributed by atoms with E-state index < -0.39 is 6.10 Å². The van der Waals surface area contributed by atoms with Crippen molar-refractivity contribution >= 4 is 17.6 Å². The van der Waals surface area contributed by atoms with E-state index >= 15 is 0 Å². The molecule has 1 N–H and O–H groups in total. The molecule has 22 heavy (non-hydrogen) atoms. The highest BCUT2D eigenvalue weighted by Gasteiger charge is 2.21. The first kappa shape index (κ1) is 16.3. The number of amides is 1. The summed E-state index contributed by atoms with van der Waals surface area (Å²) in [5.41, 5.74) is 2.87. The third-order valence-electron chi connectivity index (χ3n) is 3.86. The first-order valence-corrected chi connectivity index (χ1v) is 7.70. The second kappa shape index (κ2) is 7.25. The molecular weight excluding hydrogens is 278 g/mol. The van der Waals surface area contributed by atoms with Crippen LogP contribution in [0.15, 0.2) is 30.4 Å². The van der Waals surface area contributed by atoms with Gasteiger partial charge < -0.3 is 10.1 Å². The highest BCUT2D eigenvalue weighted by molar-refractivity contribution is 5.95. The lowest BCUT2D eigenvalue weighted by Gasteiger charge is -2.16. The lowest BCUT2D eigenvalue weighted by molar-refractivity contribution is -0.153. The topological polar surface area (TPSA) is 55.4 Å². The minimum Gasteiger partial charge on any atom is -0.453 e. The van der Waals surface area contributed by atoms with Gasteiger partial charge in [-0.2, -0.15) is 0 Å². The normalized spacial score (nSPS) is 18.0. The summed E-state index contributed by atoms with van der Waals surface area (Å²) in [5.74, 6) is -0.371. The number of hydrogen-bond acceptors (Lipinski definition) is 3. The first-order chi connectivity index (χ1) is 10.5. The second-order valence-corrected chi connectivity index (χ2v) is 5.91. The van der Waals surface area contributed by atoms with Gasteiger partial charge in [-0.25, -0.2) is 0 Å². The molecule has 0 unspecified atom stereocenters. The summed E-state index contributed by atoms with van der Waals surface area (Å²) in [6.45, 7) is 5.54. The highest BCUT2D eigenvalue weighted by atomic mass is 16.5. The van der Waals surface area contributed by atoms with E-state index in [-0.39, 0.29) is 17.8 Å². The molecule has 1 aromatic carbocycles. The molecule has 2 rings (SSSR count). The summed E-state index contributed by atoms with van der Waals surface area (Å²) < 4.78 is 5.23. The molecule has 0 saturated carbocycles. The maximum Gasteiger partial charge on any atom is 0.307 e. The Kier molecular flexibility index (Phi) is 5.36. The van der Waals surface area contributed by atoms with Crippen molar-refractivity contribution in [2.45, 2.75) is 46.1 Å². The molecule has 4 nitrogen and oxygen atoms in total. The zero-order chi connectivity index (χ0) is 16.1. The van der Waals surface area contributed by atoms with Crippen LogP contribution in [-0.2, 0) is 14.3 Å². The van der Waals surface area contributed by atoms with E-state index in [1.54, 1.807) is 6.92 Å². The minimum absolute atomic E-state index is 0.252. The summed E-state index contributed by atoms with van der Waals surface area (Å²) in [7, 11) is 0. The van der Waals surface area contributed by atoms with Crippen LogP contribution in [0, 0.1) is 19.8 Å². The molecular formula is C18H23NO3. The van der Waals surface area contributed by atoms with Gasteiger partial charge in [-0.15, -0.1) is 0 Å². The lowest BCUT2D eigenvalue weighted by atomic mass is 10.1. The van der Waals surface area contributed by atoms with Crippen molar-refractivity contribution in [2.75, 3.05) is 5.32 Å². The maximum atomic E-state index is 12.1. The monoisotopic (exact) mass is 301 g/mol. The highest BCUT2D eigenvalue weighted by Crippen LogP contribution is 2.21. The molecule has 4 heteroatoms. The van der Waals surface area contributed by atoms with Crippen LogP contribution in [0.3, 0.4) is 0 Å². The Hall–Kier alpha value is -2.10. The average Bonchev–Trinajstić information content (AvgIpc) is 2.94. The number of hydrogen-bond donors (Lipinski definition) is 1. The van der Waals surface area contributed by atoms with Crippen LogP contribution in [0.4, 0.5) is 5.69 Å². The van der Waals surface area contributed by atoms with Crippen molar-refractivity contribution in [2.24, 2.45) is 5.92 Å². The Bertz CT molecular complexity index is 592. The Morgan fingerprint density at radius 2 is 2.14 bits per heavy atom. The molecule has 0 spiro atoms. The van der Waals surface area contributed by atoms with Gasteiger partial charge in [-0.3, -0.25) is 9.59 Å². The van der Waals surface area contributed by atoms with E-state index in [0.29, 0.717) is 6.42 Å². The molecule has 1 aliphatic carbocycles. The Labute approximate surface area is 131 Å². The van der Waals surface area contributed by atoms with Gasteiger partial charge in [-0.1, -0.05) is 29.8 Å². The number of aryl methyl sites for hydroxylation is 2. The number of nitrogens with one attached hydrogen (secondary N) is 1. The number of rotatable bonds is 5. The van der Waals surface area contributed by atoms with Crippen LogP contribution in [-0.4, -0.2) is 18.0 Å². The third kappa shape index (κ3) is 4.45. The van der Waals surface area contributed by atoms with Crippen LogP contribution in [0.25, 0.3) is 0 Å². The lowest BCUT2D eigenvalue weighted by Crippen LogP contribution is -2.30. The standard InChI is InChI=1S/C18H23NO3/c1-12-8-9-16(13(2)10-12)19-18(21)14(3)22-17(20)11-15-6-4-5-7-15/h4,6,8-10,14-15H,5,7,11H2,1-3H3,(H,19,21)/t14-,15-/m0/s1. The minimum atomic E-state index is -0.793. The summed E-state index contributed by atoms with van der Waals surface area (Å²) in [6.07, 6.45) is 5.67. The van der Waals surface area contributed by atoms with Gasteiger partial charge in [0.25, 0.3) is 5.91 Å². The maximum absolute atomic E-state index is 12.1. The SMILES string of the molecule is Cc1ccc(NC(=O)[C@H](C)OC(=O)C[C@H]2C=CCC2)c(C)c1. The average molecular weight is 301 g/mol. The largest absolute Gasteiger partial charge is 0.453 e. The van der Waals surface area contributed by atoms with Crippen molar-refractivity contribution in [1.82, 2.24) is 0 Å². The van der Waals surface area contributed by atoms with Gasteiger partial charge >= 0.3 is 5.97 Å². The van der Waals surface area contributed by atoms with E-state index in [1.807, 2.05) is 38.1 Å². The summed E-state index contributed by atoms with van der Waals surface area (Å²) in [5, 5.41) is 2.81. The van der Waals surface area contributed by atoms with Crippen LogP contribution in [0.5, 0.6) is 0 Å². The van der Waals surface area contributed by atoms with Gasteiger partial charge in [0.1, 0.15) is 0 Å². The van der Waals surface area contributed by atoms with E-state index in [1.165, 1.54) is 0 Å². The van der Waals surface area contributed by atoms with E-state index in [9.17, 15) is 9.59 Å². The molecule has 0 fully saturated rings. The van der Waals surface area contributed by atoms with E-state index in [4.69, 9.17) is 4.74 Å². The number of allylic oxidation sites excluding steroid dienone is 2. The van der Waals surface area contributed by atoms with Gasteiger partial charge in [0, 0.05) is 5.69 Å². The predicted molar refractivity (Wildman–Crippen MR) is 86.6 cm³/mol. The zero-order valence-corrected chi connectivity index (χ0v) is 13.4. The summed E-state index contributed by atoms with van der Waals surface area (Å²) in [4.78, 5) is 24.0. The van der Waals surface area contributed by atoms with Crippen molar-refractivity contribution in [3.8, 4) is 0 Å². The smallest absolute Gasteiger partial charge is 0.307 e. The molecule has 1 amide bonds. The number of anilines is 1. The molecule has 0 aromatic heterocycles. The molecule has 0 radical (unpaired) electrons. The van der Waals surface area contributed by atoms with Gasteiger partial charge in [0.2, 0.25) is 0 Å². The molecule has 0 heterocycles. The molecule has 118 valence electrons. The zero-order valence-electron chi connectivity index (χ0n) is 13.4. The molecule has 0 bridgehead atoms. The predicted octanol–water partition coefficient (Wildman–Crippen LogP) is 3.53.